The van der Waals surface area contributed by atoms with E-state index in [1.54, 1.807) is 0 Å². The van der Waals surface area contributed by atoms with Crippen molar-refractivity contribution in [2.24, 2.45) is 29.2 Å². The molecular weight excluding hydrogens is 482 g/mol. The zero-order valence-electron chi connectivity index (χ0n) is 21.4. The fourth-order valence-electron chi connectivity index (χ4n) is 6.14. The molecule has 200 valence electrons. The van der Waals surface area contributed by atoms with Crippen LogP contribution in [0.3, 0.4) is 0 Å². The molecule has 6 N–H and O–H groups in total. The molecule has 0 aromatic rings. The number of thioether (sulfide) groups is 1. The second-order valence-corrected chi connectivity index (χ2v) is 12.5. The predicted octanol–water partition coefficient (Wildman–Crippen LogP) is 0.507. The van der Waals surface area contributed by atoms with Crippen molar-refractivity contribution in [3.63, 3.8) is 0 Å². The zero-order chi connectivity index (χ0) is 26.4. The molecule has 0 saturated carbocycles. The van der Waals surface area contributed by atoms with Gasteiger partial charge in [-0.1, -0.05) is 13.8 Å². The van der Waals surface area contributed by atoms with Gasteiger partial charge in [-0.05, 0) is 38.6 Å². The summed E-state index contributed by atoms with van der Waals surface area (Å²) >= 11 is 1.48. The van der Waals surface area contributed by atoms with Gasteiger partial charge in [0, 0.05) is 54.1 Å². The Bertz CT molecular complexity index is 958. The van der Waals surface area contributed by atoms with Crippen LogP contribution in [-0.2, 0) is 19.2 Å². The number of β-lactam (4-membered cyclic amide) rings is 1. The van der Waals surface area contributed by atoms with Gasteiger partial charge in [-0.15, -0.1) is 11.8 Å². The number of carboxylic acids is 1. The minimum Gasteiger partial charge on any atom is -0.477 e. The first kappa shape index (κ1) is 27.1. The van der Waals surface area contributed by atoms with Gasteiger partial charge < -0.3 is 31.7 Å². The van der Waals surface area contributed by atoms with Crippen molar-refractivity contribution in [1.29, 1.82) is 0 Å². The van der Waals surface area contributed by atoms with E-state index >= 15 is 0 Å². The molecule has 0 spiro atoms. The number of nitrogens with zero attached hydrogens (tertiary/aromatic N) is 2. The van der Waals surface area contributed by atoms with E-state index < -0.39 is 5.97 Å². The van der Waals surface area contributed by atoms with Crippen LogP contribution in [0, 0.1) is 17.8 Å². The van der Waals surface area contributed by atoms with Gasteiger partial charge in [-0.2, -0.15) is 0 Å². The number of nitrogens with two attached hydrogens (primary N) is 2. The fraction of sp³-hybridized carbons (Fsp3) is 0.760. The molecule has 4 rings (SSSR count). The van der Waals surface area contributed by atoms with E-state index in [2.05, 4.69) is 5.32 Å². The minimum absolute atomic E-state index is 0.0282. The van der Waals surface area contributed by atoms with Crippen LogP contribution in [0.5, 0.6) is 0 Å². The van der Waals surface area contributed by atoms with Crippen molar-refractivity contribution in [3.05, 3.63) is 10.6 Å². The smallest absolute Gasteiger partial charge is 0.353 e. The number of nitrogens with one attached hydrogen (secondary N) is 1. The first-order valence-electron chi connectivity index (χ1n) is 12.9. The van der Waals surface area contributed by atoms with Gasteiger partial charge in [0.2, 0.25) is 11.8 Å². The molecule has 3 saturated heterocycles. The molecule has 0 aliphatic carbocycles. The van der Waals surface area contributed by atoms with Gasteiger partial charge in [-0.3, -0.25) is 14.4 Å². The van der Waals surface area contributed by atoms with Crippen LogP contribution in [0.1, 0.15) is 52.9 Å². The number of rotatable bonds is 9. The number of hydrogen-bond donors (Lipinski definition) is 4. The van der Waals surface area contributed by atoms with Crippen LogP contribution < -0.4 is 16.8 Å². The van der Waals surface area contributed by atoms with Crippen LogP contribution in [0.2, 0.25) is 0 Å². The second-order valence-electron chi connectivity index (χ2n) is 11.2. The van der Waals surface area contributed by atoms with E-state index in [0.717, 1.165) is 12.8 Å². The summed E-state index contributed by atoms with van der Waals surface area (Å²) in [6, 6.07) is -0.548. The van der Waals surface area contributed by atoms with Gasteiger partial charge in [0.1, 0.15) is 11.5 Å². The molecule has 6 atom stereocenters. The number of ketones is 1. The average molecular weight is 522 g/mol. The Kier molecular flexibility index (Phi) is 7.85. The molecule has 3 fully saturated rings. The van der Waals surface area contributed by atoms with E-state index in [-0.39, 0.29) is 83.3 Å². The van der Waals surface area contributed by atoms with E-state index in [4.69, 9.17) is 11.5 Å². The summed E-state index contributed by atoms with van der Waals surface area (Å²) in [5, 5.41) is 13.3. The highest BCUT2D eigenvalue weighted by Gasteiger charge is 2.60. The lowest BCUT2D eigenvalue weighted by Gasteiger charge is -2.47. The van der Waals surface area contributed by atoms with E-state index in [1.807, 2.05) is 25.7 Å². The van der Waals surface area contributed by atoms with Crippen molar-refractivity contribution in [2.45, 2.75) is 75.7 Å². The van der Waals surface area contributed by atoms with Crippen LogP contribution in [-0.4, -0.2) is 87.5 Å². The Balaban J connectivity index is 1.41. The fourth-order valence-corrected chi connectivity index (χ4v) is 7.61. The Labute approximate surface area is 216 Å². The standard InChI is InChI=1S/C25H39N5O5S/c1-13(10-15(31)4-7-26)18-19-14(2)21(20(24(34)35)30(19)23(18)33)36-16-11-17(28-12-16)22(32)29-8-5-25(3,27)6-9-29/h13-14,16-19,28H,4-12,26-27H2,1-3H3,(H,34,35)/t13-,14+,16-,17?,18+,19-/m0/s1. The number of amides is 2. The third-order valence-corrected chi connectivity index (χ3v) is 9.79. The maximum atomic E-state index is 13.1. The quantitative estimate of drug-likeness (QED) is 0.317. The molecule has 4 heterocycles. The highest BCUT2D eigenvalue weighted by molar-refractivity contribution is 8.03. The van der Waals surface area contributed by atoms with Gasteiger partial charge in [0.25, 0.3) is 0 Å². The van der Waals surface area contributed by atoms with E-state index in [9.17, 15) is 24.3 Å². The van der Waals surface area contributed by atoms with Crippen LogP contribution in [0.25, 0.3) is 0 Å². The molecule has 0 radical (unpaired) electrons. The zero-order valence-corrected chi connectivity index (χ0v) is 22.2. The van der Waals surface area contributed by atoms with Crippen molar-refractivity contribution in [3.8, 4) is 0 Å². The molecule has 11 heteroatoms. The third kappa shape index (κ3) is 5.07. The van der Waals surface area contributed by atoms with Crippen molar-refractivity contribution < 1.29 is 24.3 Å². The Morgan fingerprint density at radius 3 is 2.56 bits per heavy atom. The largest absolute Gasteiger partial charge is 0.477 e. The maximum Gasteiger partial charge on any atom is 0.353 e. The number of fused-ring (bicyclic) bond motifs is 1. The minimum atomic E-state index is -1.11. The van der Waals surface area contributed by atoms with Crippen LogP contribution in [0.4, 0.5) is 0 Å². The molecule has 2 amide bonds. The van der Waals surface area contributed by atoms with Crippen molar-refractivity contribution in [2.75, 3.05) is 26.2 Å². The number of likely N-dealkylation sites (tertiary alicyclic amines) is 1. The maximum absolute atomic E-state index is 13.1. The summed E-state index contributed by atoms with van der Waals surface area (Å²) in [6.45, 7) is 8.05. The topological polar surface area (TPSA) is 159 Å². The van der Waals surface area contributed by atoms with Gasteiger partial charge in [-0.25, -0.2) is 4.79 Å². The summed E-state index contributed by atoms with van der Waals surface area (Å²) < 4.78 is 0. The number of piperidine rings is 1. The predicted molar refractivity (Wildman–Crippen MR) is 137 cm³/mol. The van der Waals surface area contributed by atoms with Crippen LogP contribution in [0.15, 0.2) is 10.6 Å². The molecule has 0 aromatic heterocycles. The highest BCUT2D eigenvalue weighted by atomic mass is 32.2. The highest BCUT2D eigenvalue weighted by Crippen LogP contribution is 2.53. The number of carboxylic acid groups (broad SMARTS) is 1. The van der Waals surface area contributed by atoms with Gasteiger partial charge in [0.15, 0.2) is 0 Å². The molecule has 0 aromatic carbocycles. The molecular formula is C25H39N5O5S. The van der Waals surface area contributed by atoms with Gasteiger partial charge >= 0.3 is 5.97 Å². The van der Waals surface area contributed by atoms with E-state index in [0.29, 0.717) is 31.0 Å². The summed E-state index contributed by atoms with van der Waals surface area (Å²) in [5.74, 6) is -1.91. The average Bonchev–Trinajstić information content (AvgIpc) is 3.35. The SMILES string of the molecule is C[C@@H](CC(=O)CCN)[C@H]1C(=O)N2C(C(=O)O)=C(S[C@@H]3CNC(C(=O)N4CCC(C)(N)CC4)C3)[C@H](C)[C@@H]12. The lowest BCUT2D eigenvalue weighted by atomic mass is 9.73. The summed E-state index contributed by atoms with van der Waals surface area (Å²) in [6.07, 6.45) is 2.71. The number of aliphatic carboxylic acids is 1. The van der Waals surface area contributed by atoms with E-state index in [1.165, 1.54) is 16.7 Å². The summed E-state index contributed by atoms with van der Waals surface area (Å²) in [4.78, 5) is 54.4. The first-order valence-corrected chi connectivity index (χ1v) is 13.8. The molecule has 0 bridgehead atoms. The van der Waals surface area contributed by atoms with Crippen LogP contribution >= 0.6 is 11.8 Å². The molecule has 4 aliphatic heterocycles. The third-order valence-electron chi connectivity index (χ3n) is 8.28. The number of hydrogen-bond acceptors (Lipinski definition) is 8. The number of Topliss-reactive ketones (excluding diaryl/α,β-unsaturated/α-hetero) is 1. The van der Waals surface area contributed by atoms with Gasteiger partial charge in [0.05, 0.1) is 18.0 Å². The molecule has 4 aliphatic rings. The molecule has 10 nitrogen and oxygen atoms in total. The Morgan fingerprint density at radius 2 is 1.94 bits per heavy atom. The Hall–Kier alpha value is -1.95. The van der Waals surface area contributed by atoms with Crippen molar-refractivity contribution >= 4 is 35.3 Å². The lowest BCUT2D eigenvalue weighted by molar-refractivity contribution is -0.160. The monoisotopic (exact) mass is 521 g/mol. The molecule has 1 unspecified atom stereocenters. The van der Waals surface area contributed by atoms with Crippen molar-refractivity contribution in [1.82, 2.24) is 15.1 Å². The molecule has 36 heavy (non-hydrogen) atoms. The summed E-state index contributed by atoms with van der Waals surface area (Å²) in [5.41, 5.74) is 11.5. The normalized spacial score (nSPS) is 32.4. The summed E-state index contributed by atoms with van der Waals surface area (Å²) in [7, 11) is 0. The first-order chi connectivity index (χ1) is 16.9. The Morgan fingerprint density at radius 1 is 1.28 bits per heavy atom. The number of carbonyl (C=O) groups is 4. The second kappa shape index (κ2) is 10.4. The number of carbonyl (C=O) groups excluding carboxylic acids is 3. The lowest BCUT2D eigenvalue weighted by Crippen LogP contribution is -2.62.